The molecule has 1 unspecified atom stereocenters. The molecule has 0 spiro atoms. The number of methoxy groups -OCH3 is 1. The van der Waals surface area contributed by atoms with Crippen molar-refractivity contribution in [2.45, 2.75) is 32.5 Å². The van der Waals surface area contributed by atoms with Gasteiger partial charge >= 0.3 is 6.61 Å². The summed E-state index contributed by atoms with van der Waals surface area (Å²) in [7, 11) is 1.40. The fourth-order valence-electron chi connectivity index (χ4n) is 1.66. The van der Waals surface area contributed by atoms with Gasteiger partial charge in [0.2, 0.25) is 0 Å². The van der Waals surface area contributed by atoms with Gasteiger partial charge < -0.3 is 19.9 Å². The van der Waals surface area contributed by atoms with Gasteiger partial charge in [0.05, 0.1) is 7.11 Å². The maximum atomic E-state index is 12.4. The summed E-state index contributed by atoms with van der Waals surface area (Å²) in [6.45, 7) is -0.554. The van der Waals surface area contributed by atoms with Crippen LogP contribution in [0.2, 0.25) is 0 Å². The van der Waals surface area contributed by atoms with Gasteiger partial charge in [-0.2, -0.15) is 8.78 Å². The largest absolute Gasteiger partial charge is 0.493 e. The van der Waals surface area contributed by atoms with Crippen molar-refractivity contribution in [3.8, 4) is 11.5 Å². The molecule has 6 heteroatoms. The average molecular weight is 275 g/mol. The van der Waals surface area contributed by atoms with Crippen molar-refractivity contribution >= 4 is 0 Å². The lowest BCUT2D eigenvalue weighted by atomic mass is 10.1. The Morgan fingerprint density at radius 2 is 2.11 bits per heavy atom. The number of halogens is 2. The monoisotopic (exact) mass is 275 g/mol. The molecular weight excluding hydrogens is 256 g/mol. The van der Waals surface area contributed by atoms with Crippen LogP contribution >= 0.6 is 0 Å². The van der Waals surface area contributed by atoms with Crippen LogP contribution in [0.15, 0.2) is 18.2 Å². The molecule has 0 amide bonds. The number of aliphatic hydroxyl groups is 1. The molecule has 0 bridgehead atoms. The minimum atomic E-state index is -2.90. The Labute approximate surface area is 111 Å². The lowest BCUT2D eigenvalue weighted by Crippen LogP contribution is -2.26. The summed E-state index contributed by atoms with van der Waals surface area (Å²) in [5, 5.41) is 11.9. The lowest BCUT2D eigenvalue weighted by Gasteiger charge is -2.17. The Bertz CT molecular complexity index is 388. The fourth-order valence-corrected chi connectivity index (χ4v) is 1.66. The Morgan fingerprint density at radius 3 is 2.68 bits per heavy atom. The standard InChI is InChI=1S/C13H19F2NO3/c1-9(6-7-17)16-8-10-4-3-5-11(18-2)12(10)19-13(14)15/h3-5,9,13,16-17H,6-8H2,1-2H3. The van der Waals surface area contributed by atoms with Crippen LogP contribution in [-0.2, 0) is 6.54 Å². The van der Waals surface area contributed by atoms with E-state index in [9.17, 15) is 8.78 Å². The van der Waals surface area contributed by atoms with E-state index >= 15 is 0 Å². The van der Waals surface area contributed by atoms with Gasteiger partial charge in [-0.3, -0.25) is 0 Å². The Hall–Kier alpha value is -1.40. The number of ether oxygens (including phenoxy) is 2. The Balaban J connectivity index is 2.80. The topological polar surface area (TPSA) is 50.7 Å². The molecule has 1 aromatic carbocycles. The van der Waals surface area contributed by atoms with Gasteiger partial charge in [0, 0.05) is 24.8 Å². The third kappa shape index (κ3) is 5.00. The highest BCUT2D eigenvalue weighted by molar-refractivity contribution is 5.46. The molecule has 0 heterocycles. The third-order valence-electron chi connectivity index (χ3n) is 2.69. The first kappa shape index (κ1) is 15.7. The Morgan fingerprint density at radius 1 is 1.37 bits per heavy atom. The van der Waals surface area contributed by atoms with Crippen LogP contribution in [0.4, 0.5) is 8.78 Å². The summed E-state index contributed by atoms with van der Waals surface area (Å²) in [5.74, 6) is 0.318. The van der Waals surface area contributed by atoms with Crippen molar-refractivity contribution in [1.29, 1.82) is 0 Å². The molecule has 0 saturated heterocycles. The van der Waals surface area contributed by atoms with E-state index in [0.29, 0.717) is 18.5 Å². The van der Waals surface area contributed by atoms with Crippen molar-refractivity contribution in [3.63, 3.8) is 0 Å². The highest BCUT2D eigenvalue weighted by atomic mass is 19.3. The second kappa shape index (κ2) is 7.91. The predicted molar refractivity (Wildman–Crippen MR) is 67.6 cm³/mol. The fraction of sp³-hybridized carbons (Fsp3) is 0.538. The number of benzene rings is 1. The van der Waals surface area contributed by atoms with Gasteiger partial charge in [0.1, 0.15) is 0 Å². The van der Waals surface area contributed by atoms with E-state index in [-0.39, 0.29) is 24.1 Å². The van der Waals surface area contributed by atoms with E-state index in [1.54, 1.807) is 18.2 Å². The van der Waals surface area contributed by atoms with Gasteiger partial charge in [-0.15, -0.1) is 0 Å². The van der Waals surface area contributed by atoms with Crippen LogP contribution in [-0.4, -0.2) is 31.5 Å². The van der Waals surface area contributed by atoms with Crippen LogP contribution in [0.5, 0.6) is 11.5 Å². The molecular formula is C13H19F2NO3. The van der Waals surface area contributed by atoms with Crippen molar-refractivity contribution in [2.24, 2.45) is 0 Å². The number of para-hydroxylation sites is 1. The zero-order valence-electron chi connectivity index (χ0n) is 11.0. The molecule has 0 aromatic heterocycles. The van der Waals surface area contributed by atoms with Crippen LogP contribution in [0.1, 0.15) is 18.9 Å². The van der Waals surface area contributed by atoms with Gasteiger partial charge in [-0.05, 0) is 19.4 Å². The number of hydrogen-bond donors (Lipinski definition) is 2. The highest BCUT2D eigenvalue weighted by Gasteiger charge is 2.15. The molecule has 0 aliphatic rings. The molecule has 0 aliphatic carbocycles. The van der Waals surface area contributed by atoms with Gasteiger partial charge in [-0.25, -0.2) is 0 Å². The van der Waals surface area contributed by atoms with Crippen LogP contribution < -0.4 is 14.8 Å². The van der Waals surface area contributed by atoms with Crippen molar-refractivity contribution in [1.82, 2.24) is 5.32 Å². The lowest BCUT2D eigenvalue weighted by molar-refractivity contribution is -0.0518. The zero-order valence-corrected chi connectivity index (χ0v) is 11.0. The summed E-state index contributed by atoms with van der Waals surface area (Å²) in [6.07, 6.45) is 0.592. The van der Waals surface area contributed by atoms with E-state index in [1.807, 2.05) is 6.92 Å². The van der Waals surface area contributed by atoms with Crippen molar-refractivity contribution in [2.75, 3.05) is 13.7 Å². The molecule has 1 rings (SSSR count). The second-order valence-electron chi connectivity index (χ2n) is 4.12. The summed E-state index contributed by atoms with van der Waals surface area (Å²) >= 11 is 0. The zero-order chi connectivity index (χ0) is 14.3. The molecule has 1 aromatic rings. The molecule has 1 atom stereocenters. The van der Waals surface area contributed by atoms with Gasteiger partial charge in [0.25, 0.3) is 0 Å². The molecule has 19 heavy (non-hydrogen) atoms. The minimum absolute atomic E-state index is 0.0451. The molecule has 0 saturated carbocycles. The van der Waals surface area contributed by atoms with E-state index in [0.717, 1.165) is 0 Å². The van der Waals surface area contributed by atoms with Gasteiger partial charge in [0.15, 0.2) is 11.5 Å². The predicted octanol–water partition coefficient (Wildman–Crippen LogP) is 2.16. The smallest absolute Gasteiger partial charge is 0.387 e. The quantitative estimate of drug-likeness (QED) is 0.763. The number of alkyl halides is 2. The maximum Gasteiger partial charge on any atom is 0.387 e. The summed E-state index contributed by atoms with van der Waals surface area (Å²) in [6, 6.07) is 5.05. The molecule has 108 valence electrons. The number of rotatable bonds is 8. The van der Waals surface area contributed by atoms with Crippen molar-refractivity contribution in [3.05, 3.63) is 23.8 Å². The average Bonchev–Trinajstić information content (AvgIpc) is 2.37. The van der Waals surface area contributed by atoms with Crippen molar-refractivity contribution < 1.29 is 23.4 Å². The van der Waals surface area contributed by atoms with Crippen LogP contribution in [0.25, 0.3) is 0 Å². The van der Waals surface area contributed by atoms with E-state index in [2.05, 4.69) is 10.1 Å². The molecule has 2 N–H and O–H groups in total. The third-order valence-corrected chi connectivity index (χ3v) is 2.69. The van der Waals surface area contributed by atoms with E-state index in [4.69, 9.17) is 9.84 Å². The SMILES string of the molecule is COc1cccc(CNC(C)CCO)c1OC(F)F. The number of nitrogens with one attached hydrogen (secondary N) is 1. The number of hydrogen-bond acceptors (Lipinski definition) is 4. The van der Waals surface area contributed by atoms with Crippen LogP contribution in [0, 0.1) is 0 Å². The van der Waals surface area contributed by atoms with Gasteiger partial charge in [-0.1, -0.05) is 12.1 Å². The first-order chi connectivity index (χ1) is 9.08. The van der Waals surface area contributed by atoms with E-state index < -0.39 is 6.61 Å². The highest BCUT2D eigenvalue weighted by Crippen LogP contribution is 2.32. The van der Waals surface area contributed by atoms with E-state index in [1.165, 1.54) is 7.11 Å². The summed E-state index contributed by atoms with van der Waals surface area (Å²) in [4.78, 5) is 0. The Kier molecular flexibility index (Phi) is 6.52. The second-order valence-corrected chi connectivity index (χ2v) is 4.12. The minimum Gasteiger partial charge on any atom is -0.493 e. The summed E-state index contributed by atoms with van der Waals surface area (Å²) in [5.41, 5.74) is 0.587. The first-order valence-electron chi connectivity index (χ1n) is 6.03. The first-order valence-corrected chi connectivity index (χ1v) is 6.03. The molecule has 0 aliphatic heterocycles. The molecule has 4 nitrogen and oxygen atoms in total. The molecule has 0 fully saturated rings. The normalized spacial score (nSPS) is 12.5. The number of aliphatic hydroxyl groups excluding tert-OH is 1. The summed E-state index contributed by atoms with van der Waals surface area (Å²) < 4.78 is 34.3. The van der Waals surface area contributed by atoms with Crippen LogP contribution in [0.3, 0.4) is 0 Å². The molecule has 0 radical (unpaired) electrons. The maximum absolute atomic E-state index is 12.4.